The van der Waals surface area contributed by atoms with Crippen LogP contribution < -0.4 is 4.74 Å². The average molecular weight is 326 g/mol. The zero-order valence-corrected chi connectivity index (χ0v) is 12.6. The predicted molar refractivity (Wildman–Crippen MR) is 79.6 cm³/mol. The molecular formula is C15H14BrClO. The largest absolute Gasteiger partial charge is 0.497 e. The van der Waals surface area contributed by atoms with Gasteiger partial charge < -0.3 is 4.74 Å². The zero-order valence-electron chi connectivity index (χ0n) is 10.3. The second-order valence-corrected chi connectivity index (χ2v) is 5.40. The van der Waals surface area contributed by atoms with E-state index in [9.17, 15) is 0 Å². The second-order valence-electron chi connectivity index (χ2n) is 4.11. The maximum absolute atomic E-state index is 6.57. The normalized spacial score (nSPS) is 12.2. The van der Waals surface area contributed by atoms with E-state index in [2.05, 4.69) is 15.9 Å². The smallest absolute Gasteiger partial charge is 0.119 e. The van der Waals surface area contributed by atoms with E-state index in [1.54, 1.807) is 7.11 Å². The highest BCUT2D eigenvalue weighted by molar-refractivity contribution is 9.10. The molecule has 1 nitrogen and oxygen atoms in total. The lowest BCUT2D eigenvalue weighted by molar-refractivity contribution is 0.414. The van der Waals surface area contributed by atoms with Crippen molar-refractivity contribution < 1.29 is 4.74 Å². The Kier molecular flexibility index (Phi) is 4.31. The monoisotopic (exact) mass is 324 g/mol. The van der Waals surface area contributed by atoms with Crippen molar-refractivity contribution in [2.75, 3.05) is 7.11 Å². The Morgan fingerprint density at radius 2 is 1.83 bits per heavy atom. The lowest BCUT2D eigenvalue weighted by Crippen LogP contribution is -1.98. The van der Waals surface area contributed by atoms with Crippen LogP contribution in [0, 0.1) is 6.92 Å². The number of ether oxygens (including phenoxy) is 1. The van der Waals surface area contributed by atoms with Crippen LogP contribution in [0.4, 0.5) is 0 Å². The molecule has 0 saturated carbocycles. The summed E-state index contributed by atoms with van der Waals surface area (Å²) in [6.45, 7) is 2.05. The third-order valence-corrected chi connectivity index (χ3v) is 4.12. The molecule has 18 heavy (non-hydrogen) atoms. The summed E-state index contributed by atoms with van der Waals surface area (Å²) < 4.78 is 6.23. The lowest BCUT2D eigenvalue weighted by atomic mass is 10.00. The van der Waals surface area contributed by atoms with Crippen LogP contribution >= 0.6 is 27.5 Å². The summed E-state index contributed by atoms with van der Waals surface area (Å²) in [6.07, 6.45) is 0. The molecule has 94 valence electrons. The molecule has 0 fully saturated rings. The highest BCUT2D eigenvalue weighted by Gasteiger charge is 2.15. The molecule has 3 heteroatoms. The van der Waals surface area contributed by atoms with Crippen molar-refractivity contribution in [3.63, 3.8) is 0 Å². The number of methoxy groups -OCH3 is 1. The number of hydrogen-bond donors (Lipinski definition) is 0. The highest BCUT2D eigenvalue weighted by atomic mass is 79.9. The Hall–Kier alpha value is -0.990. The molecule has 0 aliphatic heterocycles. The van der Waals surface area contributed by atoms with Crippen LogP contribution in [-0.2, 0) is 0 Å². The molecule has 1 atom stereocenters. The van der Waals surface area contributed by atoms with Gasteiger partial charge in [0.15, 0.2) is 0 Å². The van der Waals surface area contributed by atoms with Crippen LogP contribution in [0.25, 0.3) is 0 Å². The average Bonchev–Trinajstić information content (AvgIpc) is 2.38. The molecule has 0 aliphatic rings. The summed E-state index contributed by atoms with van der Waals surface area (Å²) in [5, 5.41) is -0.161. The van der Waals surface area contributed by atoms with Crippen molar-refractivity contribution in [2.45, 2.75) is 12.3 Å². The molecule has 0 spiro atoms. The van der Waals surface area contributed by atoms with Gasteiger partial charge in [0.2, 0.25) is 0 Å². The van der Waals surface area contributed by atoms with Gasteiger partial charge in [0.1, 0.15) is 5.75 Å². The summed E-state index contributed by atoms with van der Waals surface area (Å²) in [4.78, 5) is 0. The first-order valence-electron chi connectivity index (χ1n) is 5.66. The van der Waals surface area contributed by atoms with E-state index in [4.69, 9.17) is 16.3 Å². The van der Waals surface area contributed by atoms with Crippen LogP contribution in [0.3, 0.4) is 0 Å². The minimum absolute atomic E-state index is 0.161. The van der Waals surface area contributed by atoms with Crippen LogP contribution in [0.2, 0.25) is 0 Å². The van der Waals surface area contributed by atoms with Crippen molar-refractivity contribution in [3.8, 4) is 5.75 Å². The van der Waals surface area contributed by atoms with E-state index in [1.807, 2.05) is 49.4 Å². The summed E-state index contributed by atoms with van der Waals surface area (Å²) in [6, 6.07) is 14.0. The van der Waals surface area contributed by atoms with E-state index >= 15 is 0 Å². The fourth-order valence-corrected chi connectivity index (χ4v) is 2.99. The van der Waals surface area contributed by atoms with E-state index < -0.39 is 0 Å². The van der Waals surface area contributed by atoms with E-state index in [1.165, 1.54) is 0 Å². The number of halogens is 2. The molecule has 0 radical (unpaired) electrons. The summed E-state index contributed by atoms with van der Waals surface area (Å²) in [5.74, 6) is 0.854. The number of aryl methyl sites for hydroxylation is 1. The third kappa shape index (κ3) is 2.70. The molecule has 2 aromatic rings. The van der Waals surface area contributed by atoms with Gasteiger partial charge in [0.25, 0.3) is 0 Å². The maximum atomic E-state index is 6.57. The number of benzene rings is 2. The van der Waals surface area contributed by atoms with Gasteiger partial charge in [-0.25, -0.2) is 0 Å². The van der Waals surface area contributed by atoms with Crippen molar-refractivity contribution in [3.05, 3.63) is 63.6 Å². The minimum atomic E-state index is -0.161. The molecule has 0 N–H and O–H groups in total. The van der Waals surface area contributed by atoms with Crippen molar-refractivity contribution in [1.29, 1.82) is 0 Å². The molecule has 2 rings (SSSR count). The first-order chi connectivity index (χ1) is 8.63. The van der Waals surface area contributed by atoms with Gasteiger partial charge in [-0.3, -0.25) is 0 Å². The van der Waals surface area contributed by atoms with E-state index in [0.29, 0.717) is 0 Å². The standard InChI is InChI=1S/C15H14BrClO/c1-10-9-11(18-2)7-8-12(10)15(17)13-5-3-4-6-14(13)16/h3-9,15H,1-2H3. The third-order valence-electron chi connectivity index (χ3n) is 2.93. The Morgan fingerprint density at radius 3 is 2.44 bits per heavy atom. The number of rotatable bonds is 3. The first kappa shape index (κ1) is 13.4. The molecule has 0 aromatic heterocycles. The van der Waals surface area contributed by atoms with Crippen molar-refractivity contribution in [1.82, 2.24) is 0 Å². The van der Waals surface area contributed by atoms with Gasteiger partial charge in [-0.05, 0) is 41.8 Å². The van der Waals surface area contributed by atoms with E-state index in [-0.39, 0.29) is 5.38 Å². The van der Waals surface area contributed by atoms with E-state index in [0.717, 1.165) is 26.9 Å². The van der Waals surface area contributed by atoms with Crippen LogP contribution in [0.15, 0.2) is 46.9 Å². The molecule has 0 aliphatic carbocycles. The minimum Gasteiger partial charge on any atom is -0.497 e. The summed E-state index contributed by atoms with van der Waals surface area (Å²) in [5.41, 5.74) is 3.31. The van der Waals surface area contributed by atoms with Gasteiger partial charge in [0.05, 0.1) is 12.5 Å². The van der Waals surface area contributed by atoms with Gasteiger partial charge in [-0.15, -0.1) is 11.6 Å². The van der Waals surface area contributed by atoms with Crippen LogP contribution in [0.5, 0.6) is 5.75 Å². The highest BCUT2D eigenvalue weighted by Crippen LogP contribution is 2.36. The fraction of sp³-hybridized carbons (Fsp3) is 0.200. The van der Waals surface area contributed by atoms with Gasteiger partial charge >= 0.3 is 0 Å². The topological polar surface area (TPSA) is 9.23 Å². The Morgan fingerprint density at radius 1 is 1.11 bits per heavy atom. The van der Waals surface area contributed by atoms with Crippen LogP contribution in [0.1, 0.15) is 22.1 Å². The molecule has 0 amide bonds. The van der Waals surface area contributed by atoms with Crippen LogP contribution in [-0.4, -0.2) is 7.11 Å². The molecule has 0 bridgehead atoms. The van der Waals surface area contributed by atoms with Crippen molar-refractivity contribution >= 4 is 27.5 Å². The first-order valence-corrected chi connectivity index (χ1v) is 6.89. The summed E-state index contributed by atoms with van der Waals surface area (Å²) >= 11 is 10.1. The molecule has 1 unspecified atom stereocenters. The molecular weight excluding hydrogens is 312 g/mol. The van der Waals surface area contributed by atoms with Gasteiger partial charge in [-0.1, -0.05) is 40.2 Å². The lowest BCUT2D eigenvalue weighted by Gasteiger charge is -2.15. The Labute approximate surface area is 121 Å². The summed E-state index contributed by atoms with van der Waals surface area (Å²) in [7, 11) is 1.67. The molecule has 2 aromatic carbocycles. The second kappa shape index (κ2) is 5.77. The fourth-order valence-electron chi connectivity index (χ4n) is 1.91. The quantitative estimate of drug-likeness (QED) is 0.714. The Bertz CT molecular complexity index is 554. The molecule has 0 saturated heterocycles. The van der Waals surface area contributed by atoms with Gasteiger partial charge in [-0.2, -0.15) is 0 Å². The zero-order chi connectivity index (χ0) is 13.1. The van der Waals surface area contributed by atoms with Gasteiger partial charge in [0, 0.05) is 4.47 Å². The van der Waals surface area contributed by atoms with Crippen molar-refractivity contribution in [2.24, 2.45) is 0 Å². The Balaban J connectivity index is 2.40. The predicted octanol–water partition coefficient (Wildman–Crippen LogP) is 5.09. The maximum Gasteiger partial charge on any atom is 0.119 e. The number of alkyl halides is 1. The molecule has 0 heterocycles. The number of hydrogen-bond acceptors (Lipinski definition) is 1. The SMILES string of the molecule is COc1ccc(C(Cl)c2ccccc2Br)c(C)c1.